The maximum atomic E-state index is 12.0. The standard InChI is InChI=1S/C19H33N5O2S/c1-15-13-23(14-16(2)24(15)8-9-26-5)19(21-12-18(25)22(3)4)20-11-17-7-6-10-27-17/h6-7,10,15-16H,8-9,11-14H2,1-5H3,(H,20,21). The number of carbonyl (C=O) groups excluding carboxylic acids is 1. The fraction of sp³-hybridized carbons (Fsp3) is 0.684. The molecule has 152 valence electrons. The Kier molecular flexibility index (Phi) is 8.53. The van der Waals surface area contributed by atoms with Gasteiger partial charge in [-0.2, -0.15) is 0 Å². The first-order valence-corrected chi connectivity index (χ1v) is 10.3. The molecule has 0 radical (unpaired) electrons. The highest BCUT2D eigenvalue weighted by Gasteiger charge is 2.30. The summed E-state index contributed by atoms with van der Waals surface area (Å²) < 4.78 is 5.25. The van der Waals surface area contributed by atoms with E-state index in [0.29, 0.717) is 12.1 Å². The van der Waals surface area contributed by atoms with E-state index in [1.807, 2.05) is 6.07 Å². The number of ether oxygens (including phenoxy) is 1. The van der Waals surface area contributed by atoms with E-state index in [0.717, 1.165) is 38.7 Å². The minimum atomic E-state index is 0.00486. The lowest BCUT2D eigenvalue weighted by molar-refractivity contribution is -0.127. The summed E-state index contributed by atoms with van der Waals surface area (Å²) in [6.07, 6.45) is 0. The molecule has 2 unspecified atom stereocenters. The predicted molar refractivity (Wildman–Crippen MR) is 111 cm³/mol. The summed E-state index contributed by atoms with van der Waals surface area (Å²) in [4.78, 5) is 24.2. The first kappa shape index (κ1) is 21.7. The van der Waals surface area contributed by atoms with E-state index in [-0.39, 0.29) is 12.5 Å². The van der Waals surface area contributed by atoms with Gasteiger partial charge in [0, 0.05) is 57.8 Å². The predicted octanol–water partition coefficient (Wildman–Crippen LogP) is 1.32. The van der Waals surface area contributed by atoms with Gasteiger partial charge >= 0.3 is 0 Å². The molecule has 0 spiro atoms. The summed E-state index contributed by atoms with van der Waals surface area (Å²) in [5.74, 6) is 0.814. The van der Waals surface area contributed by atoms with Crippen molar-refractivity contribution in [1.29, 1.82) is 0 Å². The lowest BCUT2D eigenvalue weighted by Crippen LogP contribution is -2.60. The molecule has 0 saturated carbocycles. The highest BCUT2D eigenvalue weighted by atomic mass is 32.1. The quantitative estimate of drug-likeness (QED) is 0.557. The molecule has 1 N–H and O–H groups in total. The van der Waals surface area contributed by atoms with Crippen molar-refractivity contribution < 1.29 is 9.53 Å². The molecule has 2 heterocycles. The molecular formula is C19H33N5O2S. The van der Waals surface area contributed by atoms with Crippen molar-refractivity contribution >= 4 is 23.2 Å². The number of methoxy groups -OCH3 is 1. The van der Waals surface area contributed by atoms with Crippen molar-refractivity contribution in [2.75, 3.05) is 54.0 Å². The van der Waals surface area contributed by atoms with Gasteiger partial charge < -0.3 is 19.9 Å². The summed E-state index contributed by atoms with van der Waals surface area (Å²) in [5, 5.41) is 5.53. The zero-order valence-electron chi connectivity index (χ0n) is 17.1. The number of thiophene rings is 1. The average Bonchev–Trinajstić information content (AvgIpc) is 3.14. The van der Waals surface area contributed by atoms with Crippen LogP contribution >= 0.6 is 11.3 Å². The Morgan fingerprint density at radius 2 is 2.07 bits per heavy atom. The van der Waals surface area contributed by atoms with E-state index in [2.05, 4.69) is 45.4 Å². The second kappa shape index (κ2) is 10.6. The Balaban J connectivity index is 2.07. The third-order valence-corrected chi connectivity index (χ3v) is 5.69. The van der Waals surface area contributed by atoms with E-state index >= 15 is 0 Å². The van der Waals surface area contributed by atoms with Crippen molar-refractivity contribution in [2.24, 2.45) is 4.99 Å². The second-order valence-electron chi connectivity index (χ2n) is 7.19. The van der Waals surface area contributed by atoms with Gasteiger partial charge in [0.2, 0.25) is 5.91 Å². The largest absolute Gasteiger partial charge is 0.383 e. The van der Waals surface area contributed by atoms with Crippen LogP contribution in [0.5, 0.6) is 0 Å². The van der Waals surface area contributed by atoms with Crippen LogP contribution in [0.4, 0.5) is 0 Å². The Hall–Kier alpha value is -1.64. The number of amides is 1. The van der Waals surface area contributed by atoms with Gasteiger partial charge in [0.1, 0.15) is 6.54 Å². The number of piperazine rings is 1. The van der Waals surface area contributed by atoms with Gasteiger partial charge in [-0.3, -0.25) is 9.69 Å². The Morgan fingerprint density at radius 1 is 1.37 bits per heavy atom. The van der Waals surface area contributed by atoms with Gasteiger partial charge in [-0.05, 0) is 25.3 Å². The molecule has 1 aromatic rings. The molecule has 1 saturated heterocycles. The van der Waals surface area contributed by atoms with Gasteiger partial charge in [-0.15, -0.1) is 11.3 Å². The molecule has 8 heteroatoms. The van der Waals surface area contributed by atoms with Crippen molar-refractivity contribution in [1.82, 2.24) is 20.0 Å². The number of rotatable bonds is 7. The SMILES string of the molecule is COCCN1C(C)CN(C(=NCC(=O)N(C)C)NCc2cccs2)CC1C. The first-order chi connectivity index (χ1) is 12.9. The highest BCUT2D eigenvalue weighted by molar-refractivity contribution is 7.09. The molecule has 27 heavy (non-hydrogen) atoms. The normalized spacial score (nSPS) is 21.4. The molecule has 2 rings (SSSR count). The minimum Gasteiger partial charge on any atom is -0.383 e. The average molecular weight is 396 g/mol. The molecule has 1 fully saturated rings. The molecule has 0 bridgehead atoms. The van der Waals surface area contributed by atoms with Crippen LogP contribution in [0.25, 0.3) is 0 Å². The van der Waals surface area contributed by atoms with Crippen molar-refractivity contribution in [3.05, 3.63) is 22.4 Å². The van der Waals surface area contributed by atoms with E-state index in [1.54, 1.807) is 37.4 Å². The monoisotopic (exact) mass is 395 g/mol. The third-order valence-electron chi connectivity index (χ3n) is 4.82. The Labute approximate surface area is 167 Å². The number of nitrogens with zero attached hydrogens (tertiary/aromatic N) is 4. The number of nitrogens with one attached hydrogen (secondary N) is 1. The van der Waals surface area contributed by atoms with Crippen LogP contribution < -0.4 is 5.32 Å². The minimum absolute atomic E-state index is 0.00486. The van der Waals surface area contributed by atoms with Crippen molar-refractivity contribution in [3.8, 4) is 0 Å². The zero-order valence-corrected chi connectivity index (χ0v) is 18.0. The fourth-order valence-corrected chi connectivity index (χ4v) is 3.94. The summed E-state index contributed by atoms with van der Waals surface area (Å²) in [5.41, 5.74) is 0. The zero-order chi connectivity index (χ0) is 19.8. The molecule has 1 aliphatic heterocycles. The number of guanidine groups is 1. The molecule has 1 aliphatic rings. The fourth-order valence-electron chi connectivity index (χ4n) is 3.30. The highest BCUT2D eigenvalue weighted by Crippen LogP contribution is 2.16. The van der Waals surface area contributed by atoms with E-state index in [9.17, 15) is 4.79 Å². The first-order valence-electron chi connectivity index (χ1n) is 9.42. The van der Waals surface area contributed by atoms with Gasteiger partial charge in [-0.25, -0.2) is 4.99 Å². The number of likely N-dealkylation sites (N-methyl/N-ethyl adjacent to an activating group) is 1. The van der Waals surface area contributed by atoms with Gasteiger partial charge in [-0.1, -0.05) is 6.07 Å². The maximum Gasteiger partial charge on any atom is 0.243 e. The molecule has 0 aromatic carbocycles. The summed E-state index contributed by atoms with van der Waals surface area (Å²) in [6.45, 7) is 8.78. The lowest BCUT2D eigenvalue weighted by Gasteiger charge is -2.45. The van der Waals surface area contributed by atoms with Crippen molar-refractivity contribution in [2.45, 2.75) is 32.5 Å². The van der Waals surface area contributed by atoms with Gasteiger partial charge in [0.05, 0.1) is 13.2 Å². The molecule has 2 atom stereocenters. The summed E-state index contributed by atoms with van der Waals surface area (Å²) in [6, 6.07) is 4.94. The lowest BCUT2D eigenvalue weighted by atomic mass is 10.1. The van der Waals surface area contributed by atoms with Gasteiger partial charge in [0.15, 0.2) is 5.96 Å². The maximum absolute atomic E-state index is 12.0. The van der Waals surface area contributed by atoms with Crippen LogP contribution in [0.1, 0.15) is 18.7 Å². The smallest absolute Gasteiger partial charge is 0.243 e. The Morgan fingerprint density at radius 3 is 2.63 bits per heavy atom. The molecule has 0 aliphatic carbocycles. The molecular weight excluding hydrogens is 362 g/mol. The van der Waals surface area contributed by atoms with Crippen LogP contribution in [-0.2, 0) is 16.1 Å². The summed E-state index contributed by atoms with van der Waals surface area (Å²) in [7, 11) is 5.26. The van der Waals surface area contributed by atoms with Crippen LogP contribution in [0.2, 0.25) is 0 Å². The van der Waals surface area contributed by atoms with E-state index < -0.39 is 0 Å². The molecule has 7 nitrogen and oxygen atoms in total. The number of hydrogen-bond donors (Lipinski definition) is 1. The van der Waals surface area contributed by atoms with E-state index in [4.69, 9.17) is 4.74 Å². The van der Waals surface area contributed by atoms with E-state index in [1.165, 1.54) is 4.88 Å². The van der Waals surface area contributed by atoms with Crippen molar-refractivity contribution in [3.63, 3.8) is 0 Å². The van der Waals surface area contributed by atoms with Crippen LogP contribution in [0.15, 0.2) is 22.5 Å². The molecule has 1 amide bonds. The second-order valence-corrected chi connectivity index (χ2v) is 8.23. The summed E-state index contributed by atoms with van der Waals surface area (Å²) >= 11 is 1.72. The molecule has 1 aromatic heterocycles. The number of carbonyl (C=O) groups is 1. The van der Waals surface area contributed by atoms with Crippen LogP contribution in [0, 0.1) is 0 Å². The Bertz CT molecular complexity index is 593. The van der Waals surface area contributed by atoms with Crippen LogP contribution in [-0.4, -0.2) is 92.6 Å². The third kappa shape index (κ3) is 6.48. The van der Waals surface area contributed by atoms with Crippen LogP contribution in [0.3, 0.4) is 0 Å². The topological polar surface area (TPSA) is 60.4 Å². The number of hydrogen-bond acceptors (Lipinski definition) is 5. The number of aliphatic imine (C=N–C) groups is 1. The van der Waals surface area contributed by atoms with Gasteiger partial charge in [0.25, 0.3) is 0 Å².